The highest BCUT2D eigenvalue weighted by atomic mass is 16.5. The minimum absolute atomic E-state index is 0.181. The van der Waals surface area contributed by atoms with E-state index in [0.29, 0.717) is 28.7 Å². The lowest BCUT2D eigenvalue weighted by atomic mass is 9.97. The first-order chi connectivity index (χ1) is 15.4. The quantitative estimate of drug-likeness (QED) is 0.643. The molecule has 0 aromatic heterocycles. The van der Waals surface area contributed by atoms with Crippen LogP contribution in [0.15, 0.2) is 48.2 Å². The average molecular weight is 435 g/mol. The van der Waals surface area contributed by atoms with Crippen molar-refractivity contribution in [3.63, 3.8) is 0 Å². The number of ether oxygens (including phenoxy) is 2. The Hall–Kier alpha value is -3.28. The molecule has 0 aliphatic carbocycles. The van der Waals surface area contributed by atoms with Crippen LogP contribution >= 0.6 is 0 Å². The third-order valence-electron chi connectivity index (χ3n) is 6.25. The van der Waals surface area contributed by atoms with Gasteiger partial charge in [0.15, 0.2) is 11.5 Å². The summed E-state index contributed by atoms with van der Waals surface area (Å²) < 4.78 is 10.7. The molecule has 0 bridgehead atoms. The zero-order valence-electron chi connectivity index (χ0n) is 19.2. The Labute approximate surface area is 189 Å². The first-order valence-corrected chi connectivity index (χ1v) is 11.1. The van der Waals surface area contributed by atoms with E-state index in [0.717, 1.165) is 42.6 Å². The lowest BCUT2D eigenvalue weighted by Gasteiger charge is -2.33. The molecule has 0 saturated carbocycles. The fourth-order valence-corrected chi connectivity index (χ4v) is 4.53. The van der Waals surface area contributed by atoms with E-state index in [1.807, 2.05) is 43.3 Å². The Morgan fingerprint density at radius 2 is 1.69 bits per heavy atom. The number of hydrogen-bond acceptors (Lipinski definition) is 5. The van der Waals surface area contributed by atoms with Gasteiger partial charge in [-0.25, -0.2) is 0 Å². The second kappa shape index (κ2) is 9.07. The number of rotatable bonds is 6. The lowest BCUT2D eigenvalue weighted by molar-refractivity contribution is -0.138. The van der Waals surface area contributed by atoms with Crippen LogP contribution in [0, 0.1) is 12.8 Å². The fourth-order valence-electron chi connectivity index (χ4n) is 4.53. The molecule has 0 spiro atoms. The van der Waals surface area contributed by atoms with E-state index in [-0.39, 0.29) is 18.4 Å². The number of imide groups is 1. The molecule has 2 aliphatic heterocycles. The molecule has 2 amide bonds. The number of amides is 2. The third kappa shape index (κ3) is 4.09. The number of nitrogens with zero attached hydrogens (tertiary/aromatic N) is 2. The zero-order chi connectivity index (χ0) is 22.8. The van der Waals surface area contributed by atoms with Crippen molar-refractivity contribution in [2.45, 2.75) is 33.2 Å². The molecule has 1 saturated heterocycles. The number of carbonyl (C=O) groups excluding carboxylic acids is 2. The van der Waals surface area contributed by atoms with Crippen molar-refractivity contribution >= 4 is 17.4 Å². The summed E-state index contributed by atoms with van der Waals surface area (Å²) in [5, 5.41) is 0. The van der Waals surface area contributed by atoms with E-state index in [1.165, 1.54) is 4.90 Å². The standard InChI is InChI=1S/C26H30N2O4/c1-17-7-10-20(11-8-17)23-24(27-13-5-6-18(2)15-27)26(30)28(25(23)29)16-19-9-12-21(31-3)22(14-19)32-4/h7-12,14,18H,5-6,13,15-16H2,1-4H3. The van der Waals surface area contributed by atoms with Crippen LogP contribution < -0.4 is 9.47 Å². The number of benzene rings is 2. The predicted octanol–water partition coefficient (Wildman–Crippen LogP) is 4.02. The smallest absolute Gasteiger partial charge is 0.278 e. The van der Waals surface area contributed by atoms with E-state index in [9.17, 15) is 9.59 Å². The first kappa shape index (κ1) is 21.9. The van der Waals surface area contributed by atoms with Gasteiger partial charge >= 0.3 is 0 Å². The van der Waals surface area contributed by atoms with Gasteiger partial charge in [0.1, 0.15) is 5.70 Å². The van der Waals surface area contributed by atoms with Crippen LogP contribution in [0.4, 0.5) is 0 Å². The number of carbonyl (C=O) groups is 2. The highest BCUT2D eigenvalue weighted by Gasteiger charge is 2.42. The molecule has 6 heteroatoms. The van der Waals surface area contributed by atoms with Crippen LogP contribution in [0.1, 0.15) is 36.5 Å². The van der Waals surface area contributed by atoms with Gasteiger partial charge in [-0.15, -0.1) is 0 Å². The van der Waals surface area contributed by atoms with E-state index in [1.54, 1.807) is 20.3 Å². The van der Waals surface area contributed by atoms with Crippen molar-refractivity contribution in [2.24, 2.45) is 5.92 Å². The number of methoxy groups -OCH3 is 2. The predicted molar refractivity (Wildman–Crippen MR) is 123 cm³/mol. The monoisotopic (exact) mass is 434 g/mol. The molecule has 1 atom stereocenters. The SMILES string of the molecule is COc1ccc(CN2C(=O)C(c3ccc(C)cc3)=C(N3CCCC(C)C3)C2=O)cc1OC. The minimum Gasteiger partial charge on any atom is -0.493 e. The molecule has 168 valence electrons. The number of piperidine rings is 1. The maximum absolute atomic E-state index is 13.6. The molecular formula is C26H30N2O4. The molecule has 2 aromatic rings. The van der Waals surface area contributed by atoms with Crippen molar-refractivity contribution in [1.82, 2.24) is 9.80 Å². The molecular weight excluding hydrogens is 404 g/mol. The molecule has 6 nitrogen and oxygen atoms in total. The summed E-state index contributed by atoms with van der Waals surface area (Å²) >= 11 is 0. The zero-order valence-corrected chi connectivity index (χ0v) is 19.2. The highest BCUT2D eigenvalue weighted by molar-refractivity contribution is 6.35. The maximum Gasteiger partial charge on any atom is 0.278 e. The Bertz CT molecular complexity index is 1060. The summed E-state index contributed by atoms with van der Waals surface area (Å²) in [6, 6.07) is 13.3. The normalized spacial score (nSPS) is 19.1. The van der Waals surface area contributed by atoms with Gasteiger partial charge in [-0.2, -0.15) is 0 Å². The summed E-state index contributed by atoms with van der Waals surface area (Å²) in [4.78, 5) is 30.6. The van der Waals surface area contributed by atoms with E-state index >= 15 is 0 Å². The Kier molecular flexibility index (Phi) is 6.21. The van der Waals surface area contributed by atoms with Crippen molar-refractivity contribution in [1.29, 1.82) is 0 Å². The third-order valence-corrected chi connectivity index (χ3v) is 6.25. The molecule has 2 heterocycles. The van der Waals surface area contributed by atoms with Gasteiger partial charge in [0.25, 0.3) is 11.8 Å². The van der Waals surface area contributed by atoms with Gasteiger partial charge in [-0.1, -0.05) is 42.8 Å². The van der Waals surface area contributed by atoms with Gasteiger partial charge in [-0.05, 0) is 48.9 Å². The molecule has 32 heavy (non-hydrogen) atoms. The molecule has 0 N–H and O–H groups in total. The lowest BCUT2D eigenvalue weighted by Crippen LogP contribution is -2.39. The molecule has 1 unspecified atom stereocenters. The minimum atomic E-state index is -0.248. The van der Waals surface area contributed by atoms with Crippen LogP contribution in [0.3, 0.4) is 0 Å². The topological polar surface area (TPSA) is 59.1 Å². The van der Waals surface area contributed by atoms with Crippen LogP contribution in [-0.2, 0) is 16.1 Å². The maximum atomic E-state index is 13.6. The van der Waals surface area contributed by atoms with Crippen LogP contribution in [0.2, 0.25) is 0 Å². The van der Waals surface area contributed by atoms with Gasteiger partial charge in [0.2, 0.25) is 0 Å². The number of hydrogen-bond donors (Lipinski definition) is 0. The van der Waals surface area contributed by atoms with Gasteiger partial charge in [0.05, 0.1) is 26.3 Å². The van der Waals surface area contributed by atoms with Crippen LogP contribution in [0.5, 0.6) is 11.5 Å². The average Bonchev–Trinajstić information content (AvgIpc) is 3.04. The van der Waals surface area contributed by atoms with Gasteiger partial charge < -0.3 is 14.4 Å². The Morgan fingerprint density at radius 3 is 2.34 bits per heavy atom. The van der Waals surface area contributed by atoms with E-state index < -0.39 is 0 Å². The molecule has 0 radical (unpaired) electrons. The molecule has 2 aromatic carbocycles. The second-order valence-electron chi connectivity index (χ2n) is 8.67. The number of aryl methyl sites for hydroxylation is 1. The Morgan fingerprint density at radius 1 is 0.969 bits per heavy atom. The largest absolute Gasteiger partial charge is 0.493 e. The van der Waals surface area contributed by atoms with E-state index in [4.69, 9.17) is 9.47 Å². The van der Waals surface area contributed by atoms with Gasteiger partial charge in [-0.3, -0.25) is 14.5 Å². The molecule has 2 aliphatic rings. The van der Waals surface area contributed by atoms with E-state index in [2.05, 4.69) is 11.8 Å². The highest BCUT2D eigenvalue weighted by Crippen LogP contribution is 2.36. The van der Waals surface area contributed by atoms with Crippen molar-refractivity contribution in [2.75, 3.05) is 27.3 Å². The van der Waals surface area contributed by atoms with Crippen LogP contribution in [-0.4, -0.2) is 48.9 Å². The van der Waals surface area contributed by atoms with Crippen molar-refractivity contribution in [3.8, 4) is 11.5 Å². The summed E-state index contributed by atoms with van der Waals surface area (Å²) in [6.45, 7) is 5.96. The summed E-state index contributed by atoms with van der Waals surface area (Å²) in [6.07, 6.45) is 2.16. The number of likely N-dealkylation sites (tertiary alicyclic amines) is 1. The van der Waals surface area contributed by atoms with Crippen LogP contribution in [0.25, 0.3) is 5.57 Å². The van der Waals surface area contributed by atoms with Gasteiger partial charge in [0, 0.05) is 13.1 Å². The first-order valence-electron chi connectivity index (χ1n) is 11.1. The second-order valence-corrected chi connectivity index (χ2v) is 8.67. The fraction of sp³-hybridized carbons (Fsp3) is 0.385. The van der Waals surface area contributed by atoms with Crippen molar-refractivity contribution in [3.05, 3.63) is 64.9 Å². The van der Waals surface area contributed by atoms with Crippen molar-refractivity contribution < 1.29 is 19.1 Å². The molecule has 1 fully saturated rings. The Balaban J connectivity index is 1.71. The summed E-state index contributed by atoms with van der Waals surface area (Å²) in [5.74, 6) is 1.19. The summed E-state index contributed by atoms with van der Waals surface area (Å²) in [5.41, 5.74) is 3.75. The molecule has 4 rings (SSSR count). The summed E-state index contributed by atoms with van der Waals surface area (Å²) in [7, 11) is 3.15.